The van der Waals surface area contributed by atoms with Crippen molar-refractivity contribution in [3.63, 3.8) is 0 Å². The van der Waals surface area contributed by atoms with Crippen molar-refractivity contribution in [2.24, 2.45) is 0 Å². The third-order valence-electron chi connectivity index (χ3n) is 20.2. The van der Waals surface area contributed by atoms with E-state index >= 15 is 0 Å². The Balaban J connectivity index is 1.15. The van der Waals surface area contributed by atoms with Crippen LogP contribution in [0, 0.1) is 27.7 Å². The fourth-order valence-electron chi connectivity index (χ4n) is 16.1. The average Bonchev–Trinajstić information content (AvgIpc) is 0.705. The fourth-order valence-corrected chi connectivity index (χ4v) is 16.1. The zero-order chi connectivity index (χ0) is 57.5. The smallest absolute Gasteiger partial charge is 0.248 e. The molecule has 0 bridgehead atoms. The highest BCUT2D eigenvalue weighted by Gasteiger charge is 2.46. The number of benzene rings is 12. The van der Waals surface area contributed by atoms with Gasteiger partial charge in [0.15, 0.2) is 0 Å². The van der Waals surface area contributed by atoms with Gasteiger partial charge in [-0.15, -0.1) is 0 Å². The molecule has 0 atom stereocenters. The zero-order valence-electron chi connectivity index (χ0n) is 50.7. The predicted octanol–water partition coefficient (Wildman–Crippen LogP) is 18.2. The van der Waals surface area contributed by atoms with Crippen LogP contribution in [0.25, 0.3) is 76.8 Å². The molecule has 0 aromatic heterocycles. The monoisotopic (exact) mass is 1080 g/mol. The van der Waals surface area contributed by atoms with Gasteiger partial charge < -0.3 is 9.80 Å². The first kappa shape index (κ1) is 51.1. The standard InChI is InChI=1S/C80H70B2N2/c1-43(2)51-29-31-65-69(35-51)83(55-25-15-13-16-26-55)71-37-53(45(5)6)33-63-59-39-58(74-49(11)23-20-24-50(74)12)62-42-68-76-60(40-57(73-47(9)21-19-22-48(73)10)61-41-67(81(65)79(63)71)75(59)77(62)78(61)76)64-34-54(46(7)8)38-72-80(64)82(68)66-32-30-52(44(3)4)36-70(66)84(72)56-27-17-14-18-28-56/h13-46H,1-12H3. The molecule has 0 radical (unpaired) electrons. The molecule has 0 amide bonds. The molecule has 4 aliphatic rings. The van der Waals surface area contributed by atoms with Crippen molar-refractivity contribution in [1.82, 2.24) is 0 Å². The summed E-state index contributed by atoms with van der Waals surface area (Å²) in [6, 6.07) is 72.3. The predicted molar refractivity (Wildman–Crippen MR) is 366 cm³/mol. The number of fused-ring (bicyclic) bond motifs is 8. The lowest BCUT2D eigenvalue weighted by molar-refractivity contribution is 0.865. The summed E-state index contributed by atoms with van der Waals surface area (Å²) in [5.41, 5.74) is 37.3. The Morgan fingerprint density at radius 3 is 1.00 bits per heavy atom. The van der Waals surface area contributed by atoms with Crippen LogP contribution in [-0.2, 0) is 0 Å². The minimum Gasteiger partial charge on any atom is -0.311 e. The number of hydrogen-bond donors (Lipinski definition) is 0. The SMILES string of the molecule is Cc1cccc(C)c1-c1cc2c3c(cc4c(-c5c(C)cccc5C)cc5c6c(cc1c3c46)B1c3ccc(C(C)C)cc3N(c3ccccc3)c3cc(C(C)C)cc-5c31)B1c3ccc(C(C)C)cc3N(c3ccccc3)c3cc(C(C)C)cc-2c31. The van der Waals surface area contributed by atoms with Crippen LogP contribution in [-0.4, -0.2) is 13.4 Å². The highest BCUT2D eigenvalue weighted by Crippen LogP contribution is 2.54. The lowest BCUT2D eigenvalue weighted by atomic mass is 9.31. The summed E-state index contributed by atoms with van der Waals surface area (Å²) in [6.45, 7) is 28.2. The summed E-state index contributed by atoms with van der Waals surface area (Å²) >= 11 is 0. The Kier molecular flexibility index (Phi) is 11.2. The van der Waals surface area contributed by atoms with Crippen LogP contribution in [0.4, 0.5) is 34.1 Å². The van der Waals surface area contributed by atoms with Gasteiger partial charge >= 0.3 is 0 Å². The summed E-state index contributed by atoms with van der Waals surface area (Å²) in [5.74, 6) is 1.35. The summed E-state index contributed by atoms with van der Waals surface area (Å²) in [6.07, 6.45) is 0. The largest absolute Gasteiger partial charge is 0.311 e. The first-order valence-electron chi connectivity index (χ1n) is 31.0. The van der Waals surface area contributed by atoms with Crippen molar-refractivity contribution < 1.29 is 0 Å². The maximum atomic E-state index is 2.73. The molecule has 4 heteroatoms. The number of para-hydroxylation sites is 2. The summed E-state index contributed by atoms with van der Waals surface area (Å²) in [4.78, 5) is 5.23. The van der Waals surface area contributed by atoms with Crippen LogP contribution in [0.15, 0.2) is 182 Å². The van der Waals surface area contributed by atoms with Crippen molar-refractivity contribution in [2.75, 3.05) is 9.80 Å². The maximum Gasteiger partial charge on any atom is 0.248 e. The molecule has 4 heterocycles. The van der Waals surface area contributed by atoms with Crippen molar-refractivity contribution in [3.05, 3.63) is 226 Å². The molecule has 2 nitrogen and oxygen atoms in total. The van der Waals surface area contributed by atoms with Crippen molar-refractivity contribution >= 4 is 113 Å². The summed E-state index contributed by atoms with van der Waals surface area (Å²) < 4.78 is 0. The summed E-state index contributed by atoms with van der Waals surface area (Å²) in [7, 11) is 0. The van der Waals surface area contributed by atoms with Gasteiger partial charge in [0.1, 0.15) is 0 Å². The fraction of sp³-hybridized carbons (Fsp3) is 0.200. The van der Waals surface area contributed by atoms with Gasteiger partial charge in [0.25, 0.3) is 0 Å². The van der Waals surface area contributed by atoms with E-state index in [0.717, 1.165) is 0 Å². The van der Waals surface area contributed by atoms with Crippen LogP contribution in [0.5, 0.6) is 0 Å². The molecule has 84 heavy (non-hydrogen) atoms. The quantitative estimate of drug-likeness (QED) is 0.111. The lowest BCUT2D eigenvalue weighted by Crippen LogP contribution is -2.60. The number of hydrogen-bond acceptors (Lipinski definition) is 2. The van der Waals surface area contributed by atoms with Crippen LogP contribution in [0.1, 0.15) is 124 Å². The molecule has 0 saturated carbocycles. The van der Waals surface area contributed by atoms with E-state index in [0.29, 0.717) is 23.7 Å². The molecule has 16 rings (SSSR count). The Hall–Kier alpha value is -8.59. The Labute approximate surface area is 497 Å². The van der Waals surface area contributed by atoms with Gasteiger partial charge in [-0.3, -0.25) is 0 Å². The van der Waals surface area contributed by atoms with Gasteiger partial charge in [0, 0.05) is 34.1 Å². The highest BCUT2D eigenvalue weighted by atomic mass is 15.2. The molecule has 4 aliphatic heterocycles. The van der Waals surface area contributed by atoms with Crippen molar-refractivity contribution in [2.45, 2.75) is 107 Å². The zero-order valence-corrected chi connectivity index (χ0v) is 50.7. The topological polar surface area (TPSA) is 6.48 Å². The molecule has 0 aliphatic carbocycles. The molecular weight excluding hydrogens is 1010 g/mol. The maximum absolute atomic E-state index is 2.73. The van der Waals surface area contributed by atoms with Gasteiger partial charge in [0.05, 0.1) is 0 Å². The van der Waals surface area contributed by atoms with Crippen LogP contribution in [0.3, 0.4) is 0 Å². The molecule has 406 valence electrons. The van der Waals surface area contributed by atoms with Gasteiger partial charge in [-0.05, 0) is 255 Å². The minimum atomic E-state index is -0.0170. The van der Waals surface area contributed by atoms with Gasteiger partial charge in [-0.25, -0.2) is 0 Å². The molecule has 0 N–H and O–H groups in total. The molecular formula is C80H70B2N2. The molecule has 12 aromatic carbocycles. The van der Waals surface area contributed by atoms with Crippen LogP contribution in [0.2, 0.25) is 0 Å². The lowest BCUT2D eigenvalue weighted by Gasteiger charge is -2.43. The highest BCUT2D eigenvalue weighted by molar-refractivity contribution is 7.02. The Bertz CT molecular complexity index is 4450. The number of nitrogens with zero attached hydrogens (tertiary/aromatic N) is 2. The molecule has 0 unspecified atom stereocenters. The Morgan fingerprint density at radius 1 is 0.286 bits per heavy atom. The van der Waals surface area contributed by atoms with Crippen LogP contribution >= 0.6 is 0 Å². The molecule has 0 fully saturated rings. The number of anilines is 6. The number of rotatable bonds is 8. The van der Waals surface area contributed by atoms with E-state index in [1.165, 1.54) is 188 Å². The molecule has 12 aromatic rings. The molecule has 0 saturated heterocycles. The van der Waals surface area contributed by atoms with Gasteiger partial charge in [-0.1, -0.05) is 188 Å². The second-order valence-corrected chi connectivity index (χ2v) is 26.5. The van der Waals surface area contributed by atoms with E-state index in [2.05, 4.69) is 275 Å². The van der Waals surface area contributed by atoms with E-state index in [1.807, 2.05) is 0 Å². The van der Waals surface area contributed by atoms with Gasteiger partial charge in [-0.2, -0.15) is 0 Å². The third-order valence-corrected chi connectivity index (χ3v) is 20.2. The van der Waals surface area contributed by atoms with E-state index < -0.39 is 0 Å². The molecule has 0 spiro atoms. The van der Waals surface area contributed by atoms with Crippen molar-refractivity contribution in [3.8, 4) is 44.5 Å². The summed E-state index contributed by atoms with van der Waals surface area (Å²) in [5, 5.41) is 8.31. The van der Waals surface area contributed by atoms with Crippen LogP contribution < -0.4 is 42.6 Å². The van der Waals surface area contributed by atoms with E-state index in [-0.39, 0.29) is 13.4 Å². The Morgan fingerprint density at radius 2 is 0.643 bits per heavy atom. The van der Waals surface area contributed by atoms with E-state index in [9.17, 15) is 0 Å². The number of aryl methyl sites for hydroxylation is 4. The average molecular weight is 1080 g/mol. The first-order valence-corrected chi connectivity index (χ1v) is 31.0. The first-order chi connectivity index (χ1) is 40.7. The second-order valence-electron chi connectivity index (χ2n) is 26.5. The van der Waals surface area contributed by atoms with Gasteiger partial charge in [0.2, 0.25) is 13.4 Å². The van der Waals surface area contributed by atoms with E-state index in [4.69, 9.17) is 0 Å². The van der Waals surface area contributed by atoms with Crippen molar-refractivity contribution in [1.29, 1.82) is 0 Å². The third kappa shape index (κ3) is 7.06. The van der Waals surface area contributed by atoms with E-state index in [1.54, 1.807) is 0 Å². The normalized spacial score (nSPS) is 13.6. The second kappa shape index (κ2) is 18.5. The minimum absolute atomic E-state index is 0.0170.